The van der Waals surface area contributed by atoms with E-state index in [4.69, 9.17) is 0 Å². The lowest BCUT2D eigenvalue weighted by atomic mass is 9.54. The number of fused-ring (bicyclic) bond motifs is 5. The van der Waals surface area contributed by atoms with Gasteiger partial charge < -0.3 is 0 Å². The molecule has 0 radical (unpaired) electrons. The average molecular weight is 455 g/mol. The second kappa shape index (κ2) is 7.73. The summed E-state index contributed by atoms with van der Waals surface area (Å²) in [5.74, 6) is -1.78. The summed E-state index contributed by atoms with van der Waals surface area (Å²) in [5.41, 5.74) is 5.09. The molecule has 0 N–H and O–H groups in total. The fourth-order valence-electron chi connectivity index (χ4n) is 6.68. The van der Waals surface area contributed by atoms with Crippen LogP contribution in [0, 0.1) is 29.4 Å². The Morgan fingerprint density at radius 2 is 1.71 bits per heavy atom. The smallest absolute Gasteiger partial charge is 0.170 e. The van der Waals surface area contributed by atoms with Crippen LogP contribution in [0.15, 0.2) is 54.6 Å². The van der Waals surface area contributed by atoms with Crippen LogP contribution in [0.1, 0.15) is 54.6 Å². The number of carbonyl (C=O) groups excluding carboxylic acids is 1. The van der Waals surface area contributed by atoms with Crippen molar-refractivity contribution in [1.82, 2.24) is 0 Å². The number of benzene rings is 3. The molecule has 1 fully saturated rings. The van der Waals surface area contributed by atoms with Crippen molar-refractivity contribution in [3.05, 3.63) is 93.4 Å². The van der Waals surface area contributed by atoms with Crippen LogP contribution >= 0.6 is 0 Å². The number of halogens is 2. The maximum atomic E-state index is 14.1. The van der Waals surface area contributed by atoms with Gasteiger partial charge in [0.15, 0.2) is 17.4 Å². The van der Waals surface area contributed by atoms with Crippen LogP contribution in [-0.2, 0) is 11.8 Å². The molecular weight excluding hydrogens is 426 g/mol. The maximum Gasteiger partial charge on any atom is 0.170 e. The highest BCUT2D eigenvalue weighted by atomic mass is 19.2. The molecular formula is C31H28F2O. The van der Waals surface area contributed by atoms with Gasteiger partial charge in [-0.2, -0.15) is 0 Å². The van der Waals surface area contributed by atoms with Crippen LogP contribution in [0.4, 0.5) is 8.78 Å². The van der Waals surface area contributed by atoms with E-state index in [1.54, 1.807) is 0 Å². The lowest BCUT2D eigenvalue weighted by Gasteiger charge is -2.49. The molecule has 2 unspecified atom stereocenters. The summed E-state index contributed by atoms with van der Waals surface area (Å²) in [5, 5.41) is 2.33. The number of hydrogen-bond donors (Lipinski definition) is 0. The standard InChI is InChI=1S/C31H28F2O/c1-31(2)26-14-13-22-21-9-4-3-6-18(21)10-12-23(22)24(26)17-25(29(31)19-7-5-8-19)30(34)20-11-15-27(32)28(33)16-20/h3-4,6,9,11-17,19,25,29H,5,7-8,10H2,1-2H3. The molecule has 3 aromatic rings. The number of hydrogen-bond acceptors (Lipinski definition) is 1. The minimum atomic E-state index is -0.969. The average Bonchev–Trinajstić information content (AvgIpc) is 2.80. The Labute approximate surface area is 198 Å². The van der Waals surface area contributed by atoms with E-state index in [0.29, 0.717) is 5.92 Å². The number of Topliss-reactive ketones (excluding diaryl/α,β-unsaturated/α-hetero) is 1. The Bertz CT molecular complexity index is 1440. The first-order chi connectivity index (χ1) is 16.4. The second-order valence-electron chi connectivity index (χ2n) is 10.7. The van der Waals surface area contributed by atoms with Crippen molar-refractivity contribution in [2.24, 2.45) is 17.8 Å². The molecule has 3 heteroatoms. The Kier molecular flexibility index (Phi) is 4.88. The SMILES string of the molecule is CC1(C)c2ccc3c(c2=CC(C(=O)c2ccc(F)c(F)c2)C1C1CCC1)=CCc1ccccc1-3. The van der Waals surface area contributed by atoms with E-state index in [1.807, 2.05) is 0 Å². The van der Waals surface area contributed by atoms with Crippen LogP contribution < -0.4 is 10.4 Å². The van der Waals surface area contributed by atoms with Crippen LogP contribution in [0.25, 0.3) is 23.3 Å². The lowest BCUT2D eigenvalue weighted by molar-refractivity contribution is 0.0677. The van der Waals surface area contributed by atoms with E-state index >= 15 is 0 Å². The van der Waals surface area contributed by atoms with Crippen LogP contribution in [0.5, 0.6) is 0 Å². The molecule has 2 atom stereocenters. The highest BCUT2D eigenvalue weighted by Crippen LogP contribution is 2.50. The highest BCUT2D eigenvalue weighted by molar-refractivity contribution is 6.02. The molecule has 0 amide bonds. The van der Waals surface area contributed by atoms with Crippen molar-refractivity contribution in [2.75, 3.05) is 0 Å². The molecule has 1 saturated carbocycles. The van der Waals surface area contributed by atoms with Crippen molar-refractivity contribution in [3.8, 4) is 11.1 Å². The van der Waals surface area contributed by atoms with Gasteiger partial charge in [0.2, 0.25) is 0 Å². The molecule has 3 aliphatic carbocycles. The molecule has 34 heavy (non-hydrogen) atoms. The van der Waals surface area contributed by atoms with Crippen LogP contribution in [0.3, 0.4) is 0 Å². The van der Waals surface area contributed by atoms with E-state index in [1.165, 1.54) is 40.0 Å². The Hall–Kier alpha value is -3.07. The summed E-state index contributed by atoms with van der Waals surface area (Å²) >= 11 is 0. The van der Waals surface area contributed by atoms with Gasteiger partial charge in [-0.3, -0.25) is 4.79 Å². The highest BCUT2D eigenvalue weighted by Gasteiger charge is 2.48. The quantitative estimate of drug-likeness (QED) is 0.447. The van der Waals surface area contributed by atoms with Gasteiger partial charge in [0.25, 0.3) is 0 Å². The fourth-order valence-corrected chi connectivity index (χ4v) is 6.68. The zero-order valence-corrected chi connectivity index (χ0v) is 19.6. The van der Waals surface area contributed by atoms with Crippen LogP contribution in [0.2, 0.25) is 0 Å². The summed E-state index contributed by atoms with van der Waals surface area (Å²) in [7, 11) is 0. The van der Waals surface area contributed by atoms with Crippen molar-refractivity contribution < 1.29 is 13.6 Å². The van der Waals surface area contributed by atoms with Gasteiger partial charge in [-0.05, 0) is 74.6 Å². The minimum Gasteiger partial charge on any atom is -0.294 e. The summed E-state index contributed by atoms with van der Waals surface area (Å²) in [6.45, 7) is 4.52. The predicted molar refractivity (Wildman–Crippen MR) is 132 cm³/mol. The molecule has 1 nitrogen and oxygen atoms in total. The van der Waals surface area contributed by atoms with Gasteiger partial charge in [0.05, 0.1) is 0 Å². The number of rotatable bonds is 3. The second-order valence-corrected chi connectivity index (χ2v) is 10.7. The first-order valence-electron chi connectivity index (χ1n) is 12.3. The van der Waals surface area contributed by atoms with E-state index in [0.717, 1.165) is 36.6 Å². The van der Waals surface area contributed by atoms with Crippen LogP contribution in [-0.4, -0.2) is 5.78 Å². The first kappa shape index (κ1) is 21.5. The molecule has 0 bridgehead atoms. The molecule has 0 saturated heterocycles. The van der Waals surface area contributed by atoms with Gasteiger partial charge in [-0.15, -0.1) is 0 Å². The van der Waals surface area contributed by atoms with E-state index in [-0.39, 0.29) is 28.6 Å². The van der Waals surface area contributed by atoms with Gasteiger partial charge in [0.1, 0.15) is 0 Å². The Balaban J connectivity index is 1.58. The predicted octanol–water partition coefficient (Wildman–Crippen LogP) is 5.96. The van der Waals surface area contributed by atoms with E-state index in [2.05, 4.69) is 62.4 Å². The summed E-state index contributed by atoms with van der Waals surface area (Å²) in [4.78, 5) is 13.9. The van der Waals surface area contributed by atoms with Crippen molar-refractivity contribution in [1.29, 1.82) is 0 Å². The molecule has 3 aromatic carbocycles. The van der Waals surface area contributed by atoms with Gasteiger partial charge >= 0.3 is 0 Å². The summed E-state index contributed by atoms with van der Waals surface area (Å²) < 4.78 is 27.7. The zero-order chi connectivity index (χ0) is 23.6. The largest absolute Gasteiger partial charge is 0.294 e. The third-order valence-corrected chi connectivity index (χ3v) is 8.55. The van der Waals surface area contributed by atoms with Crippen molar-refractivity contribution >= 4 is 17.9 Å². The molecule has 0 spiro atoms. The molecule has 172 valence electrons. The zero-order valence-electron chi connectivity index (χ0n) is 19.6. The number of carbonyl (C=O) groups is 1. The fraction of sp³-hybridized carbons (Fsp3) is 0.323. The third kappa shape index (κ3) is 3.13. The molecule has 6 rings (SSSR count). The Morgan fingerprint density at radius 3 is 2.44 bits per heavy atom. The van der Waals surface area contributed by atoms with Gasteiger partial charge in [-0.25, -0.2) is 8.78 Å². The van der Waals surface area contributed by atoms with Crippen molar-refractivity contribution in [2.45, 2.75) is 44.9 Å². The first-order valence-corrected chi connectivity index (χ1v) is 12.3. The summed E-state index contributed by atoms with van der Waals surface area (Å²) in [6, 6.07) is 16.5. The van der Waals surface area contributed by atoms with Gasteiger partial charge in [-0.1, -0.05) is 81.7 Å². The molecule has 3 aliphatic rings. The Morgan fingerprint density at radius 1 is 0.912 bits per heavy atom. The topological polar surface area (TPSA) is 17.1 Å². The van der Waals surface area contributed by atoms with Crippen molar-refractivity contribution in [3.63, 3.8) is 0 Å². The lowest BCUT2D eigenvalue weighted by Crippen LogP contribution is -2.52. The third-order valence-electron chi connectivity index (χ3n) is 8.55. The molecule has 0 aromatic heterocycles. The molecule has 0 heterocycles. The monoisotopic (exact) mass is 454 g/mol. The normalized spacial score (nSPS) is 22.4. The van der Waals surface area contributed by atoms with E-state index in [9.17, 15) is 13.6 Å². The minimum absolute atomic E-state index is 0.108. The molecule has 0 aliphatic heterocycles. The number of ketones is 1. The van der Waals surface area contributed by atoms with Gasteiger partial charge in [0, 0.05) is 11.5 Å². The maximum absolute atomic E-state index is 14.1. The van der Waals surface area contributed by atoms with E-state index < -0.39 is 11.6 Å². The summed E-state index contributed by atoms with van der Waals surface area (Å²) in [6.07, 6.45) is 8.71.